The number of rotatable bonds is 8. The van der Waals surface area contributed by atoms with Crippen LogP contribution in [0.5, 0.6) is 0 Å². The first-order valence-corrected chi connectivity index (χ1v) is 10.1. The van der Waals surface area contributed by atoms with E-state index in [4.69, 9.17) is 0 Å². The van der Waals surface area contributed by atoms with Crippen molar-refractivity contribution in [3.8, 4) is 0 Å². The van der Waals surface area contributed by atoms with Crippen molar-refractivity contribution in [1.82, 2.24) is 0 Å². The number of esters is 1. The molecule has 1 N–H and O–H groups in total. The standard InChI is InChI=1S/C23H30O4/c1-27-22(25)8-5-3-2-4-7-20-19(13-14-21(20)24)17-9-11-18(12-10-17)23(26)15-6-16-23/h2,4,9-12,19-20,26H,3,5-8,13-16H2,1H3/b4-2-/t19-,20-/m1/s1. The number of unbranched alkanes of at least 4 members (excludes halogenated alkanes) is 1. The van der Waals surface area contributed by atoms with Gasteiger partial charge in [0.25, 0.3) is 0 Å². The van der Waals surface area contributed by atoms with E-state index in [0.29, 0.717) is 18.6 Å². The van der Waals surface area contributed by atoms with Crippen LogP contribution in [-0.4, -0.2) is 24.0 Å². The molecular weight excluding hydrogens is 340 g/mol. The van der Waals surface area contributed by atoms with Gasteiger partial charge in [-0.15, -0.1) is 0 Å². The Morgan fingerprint density at radius 3 is 2.63 bits per heavy atom. The number of hydrogen-bond acceptors (Lipinski definition) is 4. The molecule has 3 rings (SSSR count). The molecular formula is C23H30O4. The van der Waals surface area contributed by atoms with Crippen LogP contribution in [0.25, 0.3) is 0 Å². The lowest BCUT2D eigenvalue weighted by molar-refractivity contribution is -0.140. The highest BCUT2D eigenvalue weighted by molar-refractivity contribution is 5.84. The van der Waals surface area contributed by atoms with Crippen LogP contribution < -0.4 is 0 Å². The molecule has 4 heteroatoms. The molecule has 2 atom stereocenters. The molecule has 0 aliphatic heterocycles. The molecule has 0 amide bonds. The summed E-state index contributed by atoms with van der Waals surface area (Å²) in [6, 6.07) is 8.28. The molecule has 2 aliphatic rings. The van der Waals surface area contributed by atoms with Gasteiger partial charge in [-0.05, 0) is 62.0 Å². The van der Waals surface area contributed by atoms with Gasteiger partial charge in [-0.3, -0.25) is 9.59 Å². The fourth-order valence-corrected chi connectivity index (χ4v) is 4.27. The Kier molecular flexibility index (Phi) is 6.48. The first kappa shape index (κ1) is 19.8. The molecule has 0 saturated heterocycles. The minimum Gasteiger partial charge on any atom is -0.469 e. The second-order valence-electron chi connectivity index (χ2n) is 7.90. The van der Waals surface area contributed by atoms with E-state index in [2.05, 4.69) is 29.0 Å². The van der Waals surface area contributed by atoms with Crippen molar-refractivity contribution in [3.05, 3.63) is 47.5 Å². The molecule has 0 radical (unpaired) electrons. The molecule has 2 fully saturated rings. The number of allylic oxidation sites excluding steroid dienone is 2. The van der Waals surface area contributed by atoms with Gasteiger partial charge in [0, 0.05) is 18.8 Å². The van der Waals surface area contributed by atoms with Crippen molar-refractivity contribution in [2.45, 2.75) is 69.3 Å². The molecule has 2 aliphatic carbocycles. The third kappa shape index (κ3) is 4.67. The first-order valence-electron chi connectivity index (χ1n) is 10.1. The Bertz CT molecular complexity index is 685. The predicted molar refractivity (Wildman–Crippen MR) is 104 cm³/mol. The number of methoxy groups -OCH3 is 1. The van der Waals surface area contributed by atoms with Gasteiger partial charge in [0.1, 0.15) is 5.78 Å². The van der Waals surface area contributed by atoms with E-state index in [-0.39, 0.29) is 17.8 Å². The van der Waals surface area contributed by atoms with Gasteiger partial charge in [0.15, 0.2) is 0 Å². The molecule has 0 spiro atoms. The largest absolute Gasteiger partial charge is 0.469 e. The molecule has 0 bridgehead atoms. The number of ether oxygens (including phenoxy) is 1. The van der Waals surface area contributed by atoms with Crippen LogP contribution in [0.2, 0.25) is 0 Å². The molecule has 2 saturated carbocycles. The van der Waals surface area contributed by atoms with Crippen LogP contribution in [-0.2, 0) is 19.9 Å². The molecule has 0 heterocycles. The fourth-order valence-electron chi connectivity index (χ4n) is 4.27. The van der Waals surface area contributed by atoms with Crippen molar-refractivity contribution in [2.24, 2.45) is 5.92 Å². The average Bonchev–Trinajstić information content (AvgIpc) is 3.03. The number of ketones is 1. The maximum Gasteiger partial charge on any atom is 0.305 e. The monoisotopic (exact) mass is 370 g/mol. The van der Waals surface area contributed by atoms with E-state index in [1.165, 1.54) is 12.7 Å². The Morgan fingerprint density at radius 1 is 1.26 bits per heavy atom. The van der Waals surface area contributed by atoms with Crippen molar-refractivity contribution >= 4 is 11.8 Å². The average molecular weight is 370 g/mol. The van der Waals surface area contributed by atoms with Gasteiger partial charge in [-0.25, -0.2) is 0 Å². The Labute approximate surface area is 161 Å². The molecule has 4 nitrogen and oxygen atoms in total. The maximum absolute atomic E-state index is 12.4. The first-order chi connectivity index (χ1) is 13.0. The number of hydrogen-bond donors (Lipinski definition) is 1. The highest BCUT2D eigenvalue weighted by atomic mass is 16.5. The molecule has 27 heavy (non-hydrogen) atoms. The second kappa shape index (κ2) is 8.83. The minimum absolute atomic E-state index is 0.0412. The van der Waals surface area contributed by atoms with Crippen molar-refractivity contribution in [3.63, 3.8) is 0 Å². The quantitative estimate of drug-likeness (QED) is 0.418. The van der Waals surface area contributed by atoms with Crippen LogP contribution >= 0.6 is 0 Å². The lowest BCUT2D eigenvalue weighted by atomic mass is 9.74. The molecule has 146 valence electrons. The van der Waals surface area contributed by atoms with E-state index in [0.717, 1.165) is 50.5 Å². The molecule has 1 aromatic rings. The van der Waals surface area contributed by atoms with Crippen LogP contribution in [0, 0.1) is 5.92 Å². The zero-order chi connectivity index (χ0) is 19.3. The van der Waals surface area contributed by atoms with E-state index >= 15 is 0 Å². The van der Waals surface area contributed by atoms with Gasteiger partial charge in [0.2, 0.25) is 0 Å². The number of aliphatic hydroxyl groups is 1. The second-order valence-corrected chi connectivity index (χ2v) is 7.90. The van der Waals surface area contributed by atoms with E-state index in [1.807, 2.05) is 12.1 Å². The highest BCUT2D eigenvalue weighted by Gasteiger charge is 2.37. The van der Waals surface area contributed by atoms with E-state index < -0.39 is 5.60 Å². The van der Waals surface area contributed by atoms with E-state index in [1.54, 1.807) is 0 Å². The SMILES string of the molecule is COC(=O)CCC/C=C\C[C@H]1C(=O)CC[C@@H]1c1ccc(C2(O)CCC2)cc1. The highest BCUT2D eigenvalue weighted by Crippen LogP contribution is 2.43. The lowest BCUT2D eigenvalue weighted by Crippen LogP contribution is -2.33. The predicted octanol–water partition coefficient (Wildman–Crippen LogP) is 4.41. The molecule has 0 unspecified atom stereocenters. The van der Waals surface area contributed by atoms with Gasteiger partial charge in [-0.1, -0.05) is 36.4 Å². The summed E-state index contributed by atoms with van der Waals surface area (Å²) in [5.41, 5.74) is 1.58. The summed E-state index contributed by atoms with van der Waals surface area (Å²) >= 11 is 0. The van der Waals surface area contributed by atoms with E-state index in [9.17, 15) is 14.7 Å². The fraction of sp³-hybridized carbons (Fsp3) is 0.565. The smallest absolute Gasteiger partial charge is 0.305 e. The normalized spacial score (nSPS) is 24.1. The number of carbonyl (C=O) groups is 2. The zero-order valence-corrected chi connectivity index (χ0v) is 16.2. The number of benzene rings is 1. The molecule has 1 aromatic carbocycles. The summed E-state index contributed by atoms with van der Waals surface area (Å²) in [4.78, 5) is 23.5. The van der Waals surface area contributed by atoms with Gasteiger partial charge < -0.3 is 9.84 Å². The summed E-state index contributed by atoms with van der Waals surface area (Å²) in [7, 11) is 1.41. The summed E-state index contributed by atoms with van der Waals surface area (Å²) in [5.74, 6) is 0.479. The van der Waals surface area contributed by atoms with Crippen LogP contribution in [0.3, 0.4) is 0 Å². The van der Waals surface area contributed by atoms with Crippen molar-refractivity contribution in [1.29, 1.82) is 0 Å². The van der Waals surface area contributed by atoms with Crippen LogP contribution in [0.4, 0.5) is 0 Å². The third-order valence-corrected chi connectivity index (χ3v) is 6.19. The lowest BCUT2D eigenvalue weighted by Gasteiger charge is -2.37. The summed E-state index contributed by atoms with van der Waals surface area (Å²) in [6.45, 7) is 0. The Balaban J connectivity index is 1.55. The number of Topliss-reactive ketones (excluding diaryl/α,β-unsaturated/α-hetero) is 1. The summed E-state index contributed by atoms with van der Waals surface area (Å²) in [6.07, 6.45) is 11.3. The Morgan fingerprint density at radius 2 is 2.00 bits per heavy atom. The van der Waals surface area contributed by atoms with Gasteiger partial charge in [0.05, 0.1) is 12.7 Å². The van der Waals surface area contributed by atoms with Crippen molar-refractivity contribution in [2.75, 3.05) is 7.11 Å². The topological polar surface area (TPSA) is 63.6 Å². The maximum atomic E-state index is 12.4. The van der Waals surface area contributed by atoms with Crippen LogP contribution in [0.1, 0.15) is 74.8 Å². The molecule has 0 aromatic heterocycles. The minimum atomic E-state index is -0.629. The summed E-state index contributed by atoms with van der Waals surface area (Å²) in [5, 5.41) is 10.5. The zero-order valence-electron chi connectivity index (χ0n) is 16.2. The third-order valence-electron chi connectivity index (χ3n) is 6.19. The van der Waals surface area contributed by atoms with Gasteiger partial charge >= 0.3 is 5.97 Å². The van der Waals surface area contributed by atoms with Crippen LogP contribution in [0.15, 0.2) is 36.4 Å². The number of carbonyl (C=O) groups excluding carboxylic acids is 2. The van der Waals surface area contributed by atoms with Crippen molar-refractivity contribution < 1.29 is 19.4 Å². The Hall–Kier alpha value is -1.94. The van der Waals surface area contributed by atoms with Gasteiger partial charge in [-0.2, -0.15) is 0 Å². The summed E-state index contributed by atoms with van der Waals surface area (Å²) < 4.78 is 4.63.